The van der Waals surface area contributed by atoms with E-state index in [4.69, 9.17) is 4.52 Å². The number of aromatic nitrogens is 2. The van der Waals surface area contributed by atoms with Crippen LogP contribution in [0.1, 0.15) is 31.0 Å². The summed E-state index contributed by atoms with van der Waals surface area (Å²) in [5, 5.41) is 3.87. The molecule has 2 rings (SSSR count). The summed E-state index contributed by atoms with van der Waals surface area (Å²) in [6.07, 6.45) is 3.99. The van der Waals surface area contributed by atoms with E-state index in [2.05, 4.69) is 22.1 Å². The van der Waals surface area contributed by atoms with E-state index < -0.39 is 0 Å². The van der Waals surface area contributed by atoms with Crippen molar-refractivity contribution in [3.8, 4) is 0 Å². The zero-order valence-corrected chi connectivity index (χ0v) is 8.16. The van der Waals surface area contributed by atoms with Crippen LogP contribution in [0.3, 0.4) is 0 Å². The molecule has 0 amide bonds. The zero-order chi connectivity index (χ0) is 9.26. The molecule has 0 aliphatic heterocycles. The first-order valence-corrected chi connectivity index (χ1v) is 4.75. The van der Waals surface area contributed by atoms with Crippen molar-refractivity contribution in [2.75, 3.05) is 7.05 Å². The van der Waals surface area contributed by atoms with E-state index in [-0.39, 0.29) is 0 Å². The van der Waals surface area contributed by atoms with Gasteiger partial charge in [-0.05, 0) is 19.9 Å². The number of hydrogen-bond acceptors (Lipinski definition) is 4. The van der Waals surface area contributed by atoms with Crippen molar-refractivity contribution in [2.45, 2.75) is 38.8 Å². The van der Waals surface area contributed by atoms with Crippen molar-refractivity contribution in [2.24, 2.45) is 0 Å². The minimum Gasteiger partial charge on any atom is -0.340 e. The van der Waals surface area contributed by atoms with Crippen LogP contribution in [0.5, 0.6) is 0 Å². The predicted molar refractivity (Wildman–Crippen MR) is 48.1 cm³/mol. The van der Waals surface area contributed by atoms with Gasteiger partial charge in [0.25, 0.3) is 0 Å². The molecule has 13 heavy (non-hydrogen) atoms. The Balaban J connectivity index is 1.89. The summed E-state index contributed by atoms with van der Waals surface area (Å²) >= 11 is 0. The summed E-state index contributed by atoms with van der Waals surface area (Å²) in [4.78, 5) is 6.47. The van der Waals surface area contributed by atoms with Gasteiger partial charge in [0.2, 0.25) is 5.89 Å². The van der Waals surface area contributed by atoms with E-state index in [1.54, 1.807) is 0 Å². The van der Waals surface area contributed by atoms with Gasteiger partial charge in [-0.15, -0.1) is 0 Å². The van der Waals surface area contributed by atoms with Crippen molar-refractivity contribution in [1.29, 1.82) is 0 Å². The Morgan fingerprint density at radius 3 is 2.77 bits per heavy atom. The molecule has 1 aliphatic rings. The third-order valence-corrected chi connectivity index (χ3v) is 2.66. The van der Waals surface area contributed by atoms with E-state index in [9.17, 15) is 0 Å². The van der Waals surface area contributed by atoms with Crippen LogP contribution in [-0.2, 0) is 6.54 Å². The Kier molecular flexibility index (Phi) is 2.31. The molecule has 0 unspecified atom stereocenters. The maximum Gasteiger partial charge on any atom is 0.223 e. The van der Waals surface area contributed by atoms with Gasteiger partial charge < -0.3 is 4.52 Å². The molecule has 0 bridgehead atoms. The number of hydrogen-bond donors (Lipinski definition) is 0. The molecule has 1 aliphatic carbocycles. The topological polar surface area (TPSA) is 42.2 Å². The van der Waals surface area contributed by atoms with Crippen LogP contribution in [0.25, 0.3) is 0 Å². The second-order valence-electron chi connectivity index (χ2n) is 3.73. The predicted octanol–water partition coefficient (Wildman–Crippen LogP) is 1.36. The van der Waals surface area contributed by atoms with Crippen LogP contribution in [0.4, 0.5) is 0 Å². The SMILES string of the molecule is Cc1nc(CN(C)C2CCC2)no1. The largest absolute Gasteiger partial charge is 0.340 e. The van der Waals surface area contributed by atoms with Gasteiger partial charge in [0.1, 0.15) is 0 Å². The molecule has 1 heterocycles. The van der Waals surface area contributed by atoms with E-state index in [1.165, 1.54) is 19.3 Å². The Morgan fingerprint density at radius 1 is 1.54 bits per heavy atom. The van der Waals surface area contributed by atoms with Gasteiger partial charge in [0.05, 0.1) is 6.54 Å². The molecule has 1 fully saturated rings. The van der Waals surface area contributed by atoms with Gasteiger partial charge in [-0.25, -0.2) is 0 Å². The normalized spacial score (nSPS) is 17.8. The Bertz CT molecular complexity index is 280. The van der Waals surface area contributed by atoms with Crippen LogP contribution < -0.4 is 0 Å². The molecule has 72 valence electrons. The monoisotopic (exact) mass is 181 g/mol. The minimum atomic E-state index is 0.650. The highest BCUT2D eigenvalue weighted by molar-refractivity contribution is 4.86. The highest BCUT2D eigenvalue weighted by atomic mass is 16.5. The number of aryl methyl sites for hydroxylation is 1. The highest BCUT2D eigenvalue weighted by Gasteiger charge is 2.22. The van der Waals surface area contributed by atoms with Gasteiger partial charge in [-0.1, -0.05) is 11.6 Å². The molecule has 1 saturated carbocycles. The molecule has 0 aromatic carbocycles. The van der Waals surface area contributed by atoms with Crippen LogP contribution >= 0.6 is 0 Å². The van der Waals surface area contributed by atoms with Crippen molar-refractivity contribution in [1.82, 2.24) is 15.0 Å². The Morgan fingerprint density at radius 2 is 2.31 bits per heavy atom. The third kappa shape index (κ3) is 1.88. The van der Waals surface area contributed by atoms with Crippen LogP contribution in [0, 0.1) is 6.92 Å². The Labute approximate surface area is 77.9 Å². The van der Waals surface area contributed by atoms with Crippen molar-refractivity contribution < 1.29 is 4.52 Å². The molecule has 1 aromatic heterocycles. The molecular formula is C9H15N3O. The van der Waals surface area contributed by atoms with Crippen molar-refractivity contribution >= 4 is 0 Å². The highest BCUT2D eigenvalue weighted by Crippen LogP contribution is 2.24. The van der Waals surface area contributed by atoms with Gasteiger partial charge in [0.15, 0.2) is 5.82 Å². The average Bonchev–Trinajstić information content (AvgIpc) is 2.31. The molecule has 1 aromatic rings. The third-order valence-electron chi connectivity index (χ3n) is 2.66. The lowest BCUT2D eigenvalue weighted by Crippen LogP contribution is -2.36. The van der Waals surface area contributed by atoms with Gasteiger partial charge in [0, 0.05) is 13.0 Å². The molecule has 0 spiro atoms. The average molecular weight is 181 g/mol. The van der Waals surface area contributed by atoms with Crippen molar-refractivity contribution in [3.05, 3.63) is 11.7 Å². The molecule has 4 nitrogen and oxygen atoms in total. The van der Waals surface area contributed by atoms with Gasteiger partial charge in [-0.3, -0.25) is 4.90 Å². The summed E-state index contributed by atoms with van der Waals surface area (Å²) in [5.41, 5.74) is 0. The second-order valence-corrected chi connectivity index (χ2v) is 3.73. The summed E-state index contributed by atoms with van der Waals surface area (Å²) in [6, 6.07) is 0.735. The standard InChI is InChI=1S/C9H15N3O/c1-7-10-9(11-13-7)6-12(2)8-4-3-5-8/h8H,3-6H2,1-2H3. The minimum absolute atomic E-state index is 0.650. The molecular weight excluding hydrogens is 166 g/mol. The lowest BCUT2D eigenvalue weighted by molar-refractivity contribution is 0.148. The first kappa shape index (κ1) is 8.69. The van der Waals surface area contributed by atoms with Crippen LogP contribution in [-0.4, -0.2) is 28.1 Å². The molecule has 0 atom stereocenters. The summed E-state index contributed by atoms with van der Waals surface area (Å²) < 4.78 is 4.91. The molecule has 4 heteroatoms. The maximum absolute atomic E-state index is 4.91. The van der Waals surface area contributed by atoms with E-state index >= 15 is 0 Å². The summed E-state index contributed by atoms with van der Waals surface area (Å²) in [7, 11) is 2.12. The molecule has 0 saturated heterocycles. The van der Waals surface area contributed by atoms with E-state index in [0.717, 1.165) is 18.4 Å². The lowest BCUT2D eigenvalue weighted by Gasteiger charge is -2.33. The number of nitrogens with zero attached hydrogens (tertiary/aromatic N) is 3. The van der Waals surface area contributed by atoms with E-state index in [1.807, 2.05) is 6.92 Å². The smallest absolute Gasteiger partial charge is 0.223 e. The quantitative estimate of drug-likeness (QED) is 0.706. The van der Waals surface area contributed by atoms with Gasteiger partial charge >= 0.3 is 0 Å². The maximum atomic E-state index is 4.91. The summed E-state index contributed by atoms with van der Waals surface area (Å²) in [6.45, 7) is 2.63. The van der Waals surface area contributed by atoms with Gasteiger partial charge in [-0.2, -0.15) is 4.98 Å². The summed E-state index contributed by atoms with van der Waals surface area (Å²) in [5.74, 6) is 1.45. The second kappa shape index (κ2) is 3.46. The first-order valence-electron chi connectivity index (χ1n) is 4.75. The lowest BCUT2D eigenvalue weighted by atomic mass is 9.92. The Hall–Kier alpha value is -0.900. The van der Waals surface area contributed by atoms with Crippen molar-refractivity contribution in [3.63, 3.8) is 0 Å². The zero-order valence-electron chi connectivity index (χ0n) is 8.16. The fourth-order valence-corrected chi connectivity index (χ4v) is 1.59. The number of rotatable bonds is 3. The van der Waals surface area contributed by atoms with E-state index in [0.29, 0.717) is 5.89 Å². The molecule has 0 radical (unpaired) electrons. The first-order chi connectivity index (χ1) is 6.25. The van der Waals surface area contributed by atoms with Crippen LogP contribution in [0.2, 0.25) is 0 Å². The fraction of sp³-hybridized carbons (Fsp3) is 0.778. The van der Waals surface area contributed by atoms with Crippen LogP contribution in [0.15, 0.2) is 4.52 Å². The fourth-order valence-electron chi connectivity index (χ4n) is 1.59. The molecule has 0 N–H and O–H groups in total.